The fourth-order valence-electron chi connectivity index (χ4n) is 4.14. The highest BCUT2D eigenvalue weighted by atomic mass is 16.6. The summed E-state index contributed by atoms with van der Waals surface area (Å²) in [6, 6.07) is 9.70. The molecular weight excluding hydrogens is 438 g/mol. The first kappa shape index (κ1) is 24.2. The summed E-state index contributed by atoms with van der Waals surface area (Å²) >= 11 is 0. The molecule has 5 rings (SSSR count). The Morgan fingerprint density at radius 3 is 1.71 bits per heavy atom. The van der Waals surface area contributed by atoms with Gasteiger partial charge >= 0.3 is 0 Å². The Morgan fingerprint density at radius 2 is 1.24 bits per heavy atom. The third-order valence-electron chi connectivity index (χ3n) is 6.20. The highest BCUT2D eigenvalue weighted by molar-refractivity contribution is 5.53. The standard InChI is InChI=1S/C24H31N5O5/c30-24-19-5-7-27-9-13-33-15-11-28(12-16-34-14-10-27)8-6-20(24)18-22(17-19)26-25-21-1-3-23(4-2-21)29(31)32/h1-4,17-18,30H,5-16H2/b26-25+. The van der Waals surface area contributed by atoms with Crippen molar-refractivity contribution in [2.75, 3.05) is 65.7 Å². The smallest absolute Gasteiger partial charge is 0.269 e. The molecule has 0 radical (unpaired) electrons. The molecule has 10 nitrogen and oxygen atoms in total. The Bertz CT molecular complexity index is 943. The number of rotatable bonds is 3. The number of non-ortho nitro benzene ring substituents is 1. The van der Waals surface area contributed by atoms with Crippen molar-refractivity contribution in [1.29, 1.82) is 0 Å². The quantitative estimate of drug-likeness (QED) is 0.416. The van der Waals surface area contributed by atoms with E-state index < -0.39 is 4.92 Å². The zero-order valence-corrected chi connectivity index (χ0v) is 19.3. The average Bonchev–Trinajstić information content (AvgIpc) is 2.83. The van der Waals surface area contributed by atoms with Gasteiger partial charge in [-0.1, -0.05) is 0 Å². The molecule has 34 heavy (non-hydrogen) atoms. The minimum atomic E-state index is -0.442. The predicted molar refractivity (Wildman–Crippen MR) is 127 cm³/mol. The van der Waals surface area contributed by atoms with Crippen molar-refractivity contribution in [3.63, 3.8) is 0 Å². The molecule has 0 amide bonds. The van der Waals surface area contributed by atoms with Crippen molar-refractivity contribution in [3.8, 4) is 5.75 Å². The molecule has 0 aliphatic carbocycles. The molecule has 4 bridgehead atoms. The summed E-state index contributed by atoms with van der Waals surface area (Å²) in [5, 5.41) is 30.5. The van der Waals surface area contributed by atoms with Crippen molar-refractivity contribution >= 4 is 17.1 Å². The van der Waals surface area contributed by atoms with Gasteiger partial charge in [0.15, 0.2) is 0 Å². The predicted octanol–water partition coefficient (Wildman–Crippen LogP) is 3.47. The Kier molecular flexibility index (Phi) is 8.53. The molecule has 182 valence electrons. The number of azo groups is 1. The second-order valence-corrected chi connectivity index (χ2v) is 8.49. The van der Waals surface area contributed by atoms with E-state index in [4.69, 9.17) is 9.47 Å². The topological polar surface area (TPSA) is 113 Å². The largest absolute Gasteiger partial charge is 0.507 e. The van der Waals surface area contributed by atoms with Crippen LogP contribution >= 0.6 is 0 Å². The molecule has 1 saturated heterocycles. The van der Waals surface area contributed by atoms with Crippen LogP contribution in [0.4, 0.5) is 17.1 Å². The van der Waals surface area contributed by atoms with Crippen LogP contribution in [0.1, 0.15) is 11.1 Å². The number of nitro groups is 1. The van der Waals surface area contributed by atoms with Gasteiger partial charge in [0.2, 0.25) is 0 Å². The zero-order valence-electron chi connectivity index (χ0n) is 19.3. The fraction of sp³-hybridized carbons (Fsp3) is 0.500. The monoisotopic (exact) mass is 469 g/mol. The number of phenols is 1. The van der Waals surface area contributed by atoms with Gasteiger partial charge in [0.25, 0.3) is 5.69 Å². The first-order valence-electron chi connectivity index (χ1n) is 11.7. The van der Waals surface area contributed by atoms with Crippen molar-refractivity contribution in [1.82, 2.24) is 9.80 Å². The van der Waals surface area contributed by atoms with Crippen LogP contribution < -0.4 is 0 Å². The number of nitro benzene ring substituents is 1. The van der Waals surface area contributed by atoms with Crippen LogP contribution in [0.15, 0.2) is 46.6 Å². The molecule has 10 heteroatoms. The van der Waals surface area contributed by atoms with Crippen molar-refractivity contribution in [3.05, 3.63) is 57.6 Å². The Hall–Kier alpha value is -2.92. The van der Waals surface area contributed by atoms with Gasteiger partial charge in [0, 0.05) is 51.4 Å². The lowest BCUT2D eigenvalue weighted by molar-refractivity contribution is -0.384. The molecule has 1 fully saturated rings. The second-order valence-electron chi connectivity index (χ2n) is 8.49. The van der Waals surface area contributed by atoms with Gasteiger partial charge in [-0.05, 0) is 48.2 Å². The normalized spacial score (nSPS) is 22.5. The lowest BCUT2D eigenvalue weighted by atomic mass is 10.0. The van der Waals surface area contributed by atoms with E-state index in [-0.39, 0.29) is 5.69 Å². The SMILES string of the molecule is O=[N+]([O-])c1ccc(/N=N/c2cc3c(O)c(c2)CCN2CCOCCN(CCOCC2)CC3)cc1. The van der Waals surface area contributed by atoms with Crippen LogP contribution in [0.5, 0.6) is 5.75 Å². The summed E-state index contributed by atoms with van der Waals surface area (Å²) in [5.74, 6) is 0.329. The number of ether oxygens (including phenoxy) is 2. The Morgan fingerprint density at radius 1 is 0.765 bits per heavy atom. The molecule has 0 aromatic heterocycles. The lowest BCUT2D eigenvalue weighted by Gasteiger charge is -2.27. The maximum absolute atomic E-state index is 11.0. The van der Waals surface area contributed by atoms with E-state index in [0.29, 0.717) is 56.4 Å². The summed E-state index contributed by atoms with van der Waals surface area (Å²) < 4.78 is 11.7. The first-order chi connectivity index (χ1) is 16.6. The van der Waals surface area contributed by atoms with Crippen molar-refractivity contribution < 1.29 is 19.5 Å². The van der Waals surface area contributed by atoms with Gasteiger partial charge in [0.05, 0.1) is 42.7 Å². The number of phenolic OH excluding ortho intramolecular Hbond substituents is 1. The van der Waals surface area contributed by atoms with Gasteiger partial charge < -0.3 is 14.6 Å². The van der Waals surface area contributed by atoms with Gasteiger partial charge in [-0.3, -0.25) is 19.9 Å². The number of aromatic hydroxyl groups is 1. The number of fused-ring (bicyclic) bond motifs is 10. The van der Waals surface area contributed by atoms with Gasteiger partial charge in [-0.2, -0.15) is 10.2 Å². The molecule has 2 aromatic carbocycles. The third kappa shape index (κ3) is 6.80. The molecule has 1 N–H and O–H groups in total. The molecule has 0 atom stereocenters. The highest BCUT2D eigenvalue weighted by Crippen LogP contribution is 2.31. The lowest BCUT2D eigenvalue weighted by Crippen LogP contribution is -2.37. The molecule has 2 aromatic rings. The van der Waals surface area contributed by atoms with Crippen LogP contribution in [0.2, 0.25) is 0 Å². The number of nitrogens with zero attached hydrogens (tertiary/aromatic N) is 5. The Balaban J connectivity index is 1.60. The molecule has 3 aliphatic heterocycles. The summed E-state index contributed by atoms with van der Waals surface area (Å²) in [5.41, 5.74) is 2.87. The summed E-state index contributed by atoms with van der Waals surface area (Å²) in [6.45, 7) is 7.51. The van der Waals surface area contributed by atoms with E-state index in [9.17, 15) is 15.2 Å². The van der Waals surface area contributed by atoms with E-state index in [1.54, 1.807) is 12.1 Å². The minimum absolute atomic E-state index is 0.0133. The van der Waals surface area contributed by atoms with E-state index >= 15 is 0 Å². The highest BCUT2D eigenvalue weighted by Gasteiger charge is 2.16. The summed E-state index contributed by atoms with van der Waals surface area (Å²) in [6.07, 6.45) is 1.34. The van der Waals surface area contributed by atoms with Crippen molar-refractivity contribution in [2.24, 2.45) is 10.2 Å². The number of benzene rings is 2. The van der Waals surface area contributed by atoms with Crippen LogP contribution in [-0.4, -0.2) is 85.5 Å². The van der Waals surface area contributed by atoms with Gasteiger partial charge in [0.1, 0.15) is 5.75 Å². The maximum atomic E-state index is 11.0. The van der Waals surface area contributed by atoms with Gasteiger partial charge in [-0.25, -0.2) is 0 Å². The zero-order chi connectivity index (χ0) is 23.8. The van der Waals surface area contributed by atoms with Crippen LogP contribution in [0.3, 0.4) is 0 Å². The maximum Gasteiger partial charge on any atom is 0.269 e. The summed E-state index contributed by atoms with van der Waals surface area (Å²) in [4.78, 5) is 15.0. The Labute approximate surface area is 198 Å². The second kappa shape index (κ2) is 12.0. The minimum Gasteiger partial charge on any atom is -0.507 e. The number of hydrogen-bond donors (Lipinski definition) is 1. The average molecular weight is 470 g/mol. The molecule has 0 unspecified atom stereocenters. The fourth-order valence-corrected chi connectivity index (χ4v) is 4.14. The summed E-state index contributed by atoms with van der Waals surface area (Å²) in [7, 11) is 0. The van der Waals surface area contributed by atoms with E-state index in [1.165, 1.54) is 12.1 Å². The van der Waals surface area contributed by atoms with E-state index in [0.717, 1.165) is 50.4 Å². The van der Waals surface area contributed by atoms with Crippen LogP contribution in [0.25, 0.3) is 0 Å². The van der Waals surface area contributed by atoms with Gasteiger partial charge in [-0.15, -0.1) is 0 Å². The van der Waals surface area contributed by atoms with Crippen LogP contribution in [-0.2, 0) is 22.3 Å². The number of hydrogen-bond acceptors (Lipinski definition) is 9. The first-order valence-corrected chi connectivity index (χ1v) is 11.7. The van der Waals surface area contributed by atoms with E-state index in [1.807, 2.05) is 12.1 Å². The molecule has 3 heterocycles. The third-order valence-corrected chi connectivity index (χ3v) is 6.20. The van der Waals surface area contributed by atoms with Crippen molar-refractivity contribution in [2.45, 2.75) is 12.8 Å². The van der Waals surface area contributed by atoms with Crippen LogP contribution in [0, 0.1) is 10.1 Å². The molecule has 0 spiro atoms. The molecular formula is C24H31N5O5. The molecule has 0 saturated carbocycles. The molecule has 3 aliphatic rings. The van der Waals surface area contributed by atoms with E-state index in [2.05, 4.69) is 20.0 Å².